The molecule has 0 radical (unpaired) electrons. The molecular formula is C19H19N3OS. The number of benzene rings is 1. The first-order valence-electron chi connectivity index (χ1n) is 8.18. The monoisotopic (exact) mass is 337 g/mol. The minimum atomic E-state index is 0.155. The van der Waals surface area contributed by atoms with Crippen LogP contribution in [0, 0.1) is 0 Å². The van der Waals surface area contributed by atoms with Crippen molar-refractivity contribution in [1.29, 1.82) is 0 Å². The van der Waals surface area contributed by atoms with Gasteiger partial charge in [-0.1, -0.05) is 24.3 Å². The highest BCUT2D eigenvalue weighted by atomic mass is 32.1. The maximum absolute atomic E-state index is 12.4. The molecule has 0 N–H and O–H groups in total. The van der Waals surface area contributed by atoms with Crippen LogP contribution >= 0.6 is 11.3 Å². The number of aromatic nitrogens is 1. The SMILES string of the molecule is O=C(c1ccsc1)N1CCN(Cc2cccc3cccnc23)CC1. The summed E-state index contributed by atoms with van der Waals surface area (Å²) in [5.74, 6) is 0.155. The fraction of sp³-hybridized carbons (Fsp3) is 0.263. The van der Waals surface area contributed by atoms with Crippen LogP contribution in [0.3, 0.4) is 0 Å². The van der Waals surface area contributed by atoms with Gasteiger partial charge < -0.3 is 4.90 Å². The Balaban J connectivity index is 1.42. The van der Waals surface area contributed by atoms with Crippen molar-refractivity contribution in [2.45, 2.75) is 6.54 Å². The summed E-state index contributed by atoms with van der Waals surface area (Å²) < 4.78 is 0. The molecule has 1 aliphatic rings. The van der Waals surface area contributed by atoms with E-state index in [2.05, 4.69) is 34.1 Å². The van der Waals surface area contributed by atoms with Crippen LogP contribution in [0.1, 0.15) is 15.9 Å². The smallest absolute Gasteiger partial charge is 0.254 e. The second-order valence-corrected chi connectivity index (χ2v) is 6.85. The average Bonchev–Trinajstić information content (AvgIpc) is 3.17. The van der Waals surface area contributed by atoms with Crippen molar-refractivity contribution >= 4 is 28.1 Å². The molecule has 0 spiro atoms. The van der Waals surface area contributed by atoms with Gasteiger partial charge >= 0.3 is 0 Å². The van der Waals surface area contributed by atoms with Crippen LogP contribution < -0.4 is 0 Å². The number of pyridine rings is 1. The molecule has 1 aromatic carbocycles. The zero-order valence-electron chi connectivity index (χ0n) is 13.4. The van der Waals surface area contributed by atoms with Gasteiger partial charge in [-0.15, -0.1) is 0 Å². The molecule has 24 heavy (non-hydrogen) atoms. The molecule has 1 amide bonds. The van der Waals surface area contributed by atoms with Gasteiger partial charge in [-0.3, -0.25) is 14.7 Å². The Bertz CT molecular complexity index is 833. The van der Waals surface area contributed by atoms with Crippen LogP contribution in [0.5, 0.6) is 0 Å². The van der Waals surface area contributed by atoms with Gasteiger partial charge in [0.2, 0.25) is 0 Å². The van der Waals surface area contributed by atoms with Gasteiger partial charge in [-0.05, 0) is 23.1 Å². The van der Waals surface area contributed by atoms with Crippen molar-refractivity contribution in [1.82, 2.24) is 14.8 Å². The molecule has 1 saturated heterocycles. The van der Waals surface area contributed by atoms with Crippen molar-refractivity contribution in [3.8, 4) is 0 Å². The summed E-state index contributed by atoms with van der Waals surface area (Å²) in [6.45, 7) is 4.26. The molecule has 0 bridgehead atoms. The molecule has 122 valence electrons. The standard InChI is InChI=1S/C19H19N3OS/c23-19(17-6-12-24-14-17)22-10-8-21(9-11-22)13-16-4-1-3-15-5-2-7-20-18(15)16/h1-7,12,14H,8-11,13H2. The van der Waals surface area contributed by atoms with Crippen molar-refractivity contribution in [2.75, 3.05) is 26.2 Å². The molecule has 2 aromatic heterocycles. The number of carbonyl (C=O) groups is 1. The van der Waals surface area contributed by atoms with Crippen molar-refractivity contribution in [3.63, 3.8) is 0 Å². The molecule has 3 heterocycles. The number of amides is 1. The zero-order valence-corrected chi connectivity index (χ0v) is 14.2. The summed E-state index contributed by atoms with van der Waals surface area (Å²) in [7, 11) is 0. The van der Waals surface area contributed by atoms with E-state index in [-0.39, 0.29) is 5.91 Å². The first-order chi connectivity index (χ1) is 11.8. The normalized spacial score (nSPS) is 15.8. The summed E-state index contributed by atoms with van der Waals surface area (Å²) in [4.78, 5) is 21.3. The fourth-order valence-electron chi connectivity index (χ4n) is 3.21. The van der Waals surface area contributed by atoms with E-state index in [0.717, 1.165) is 43.8 Å². The van der Waals surface area contributed by atoms with Crippen molar-refractivity contribution in [3.05, 3.63) is 64.5 Å². The summed E-state index contributed by atoms with van der Waals surface area (Å²) in [5.41, 5.74) is 3.15. The number of fused-ring (bicyclic) bond motifs is 1. The van der Waals surface area contributed by atoms with Gasteiger partial charge in [0, 0.05) is 49.7 Å². The molecule has 0 atom stereocenters. The Kier molecular flexibility index (Phi) is 4.28. The lowest BCUT2D eigenvalue weighted by atomic mass is 10.1. The first-order valence-corrected chi connectivity index (χ1v) is 9.12. The Hall–Kier alpha value is -2.24. The largest absolute Gasteiger partial charge is 0.336 e. The quantitative estimate of drug-likeness (QED) is 0.736. The van der Waals surface area contributed by atoms with Gasteiger partial charge in [0.15, 0.2) is 0 Å². The molecule has 0 unspecified atom stereocenters. The molecular weight excluding hydrogens is 318 g/mol. The van der Waals surface area contributed by atoms with Crippen LogP contribution in [-0.2, 0) is 6.54 Å². The van der Waals surface area contributed by atoms with Crippen LogP contribution in [0.15, 0.2) is 53.4 Å². The summed E-state index contributed by atoms with van der Waals surface area (Å²) in [6, 6.07) is 12.3. The van der Waals surface area contributed by atoms with E-state index < -0.39 is 0 Å². The molecule has 5 heteroatoms. The number of thiophene rings is 1. The van der Waals surface area contributed by atoms with E-state index in [1.807, 2.05) is 34.0 Å². The molecule has 3 aromatic rings. The number of hydrogen-bond donors (Lipinski definition) is 0. The fourth-order valence-corrected chi connectivity index (χ4v) is 3.84. The number of hydrogen-bond acceptors (Lipinski definition) is 4. The minimum absolute atomic E-state index is 0.155. The maximum atomic E-state index is 12.4. The third-order valence-corrected chi connectivity index (χ3v) is 5.22. The molecule has 0 aliphatic carbocycles. The first kappa shape index (κ1) is 15.3. The number of nitrogens with zero attached hydrogens (tertiary/aromatic N) is 3. The third kappa shape index (κ3) is 3.05. The van der Waals surface area contributed by atoms with Crippen LogP contribution in [0.2, 0.25) is 0 Å². The third-order valence-electron chi connectivity index (χ3n) is 4.54. The van der Waals surface area contributed by atoms with Crippen molar-refractivity contribution < 1.29 is 4.79 Å². The highest BCUT2D eigenvalue weighted by Gasteiger charge is 2.22. The topological polar surface area (TPSA) is 36.4 Å². The molecule has 0 saturated carbocycles. The van der Waals surface area contributed by atoms with E-state index in [1.165, 1.54) is 10.9 Å². The van der Waals surface area contributed by atoms with E-state index in [0.29, 0.717) is 0 Å². The molecule has 1 fully saturated rings. The number of rotatable bonds is 3. The molecule has 1 aliphatic heterocycles. The molecule has 4 nitrogen and oxygen atoms in total. The van der Waals surface area contributed by atoms with Gasteiger partial charge in [0.1, 0.15) is 0 Å². The van der Waals surface area contributed by atoms with Crippen LogP contribution in [0.4, 0.5) is 0 Å². The maximum Gasteiger partial charge on any atom is 0.254 e. The van der Waals surface area contributed by atoms with E-state index in [9.17, 15) is 4.79 Å². The number of piperazine rings is 1. The van der Waals surface area contributed by atoms with Crippen molar-refractivity contribution in [2.24, 2.45) is 0 Å². The van der Waals surface area contributed by atoms with Crippen LogP contribution in [0.25, 0.3) is 10.9 Å². The highest BCUT2D eigenvalue weighted by Crippen LogP contribution is 2.19. The van der Waals surface area contributed by atoms with E-state index in [1.54, 1.807) is 11.3 Å². The lowest BCUT2D eigenvalue weighted by Gasteiger charge is -2.34. The summed E-state index contributed by atoms with van der Waals surface area (Å²) in [6.07, 6.45) is 1.85. The predicted octanol–water partition coefficient (Wildman–Crippen LogP) is 3.25. The van der Waals surface area contributed by atoms with E-state index in [4.69, 9.17) is 0 Å². The van der Waals surface area contributed by atoms with Gasteiger partial charge in [0.05, 0.1) is 11.1 Å². The summed E-state index contributed by atoms with van der Waals surface area (Å²) in [5, 5.41) is 5.06. The number of carbonyl (C=O) groups excluding carboxylic acids is 1. The van der Waals surface area contributed by atoms with Gasteiger partial charge in [-0.2, -0.15) is 11.3 Å². The Morgan fingerprint density at radius 2 is 1.92 bits per heavy atom. The number of para-hydroxylation sites is 1. The summed E-state index contributed by atoms with van der Waals surface area (Å²) >= 11 is 1.57. The second kappa shape index (κ2) is 6.71. The zero-order chi connectivity index (χ0) is 16.4. The Morgan fingerprint density at radius 1 is 1.08 bits per heavy atom. The van der Waals surface area contributed by atoms with Gasteiger partial charge in [0.25, 0.3) is 5.91 Å². The lowest BCUT2D eigenvalue weighted by Crippen LogP contribution is -2.48. The van der Waals surface area contributed by atoms with Gasteiger partial charge in [-0.25, -0.2) is 0 Å². The molecule has 4 rings (SSSR count). The lowest BCUT2D eigenvalue weighted by molar-refractivity contribution is 0.0629. The Morgan fingerprint density at radius 3 is 2.71 bits per heavy atom. The average molecular weight is 337 g/mol. The minimum Gasteiger partial charge on any atom is -0.336 e. The van der Waals surface area contributed by atoms with E-state index >= 15 is 0 Å². The predicted molar refractivity (Wildman–Crippen MR) is 97.2 cm³/mol. The second-order valence-electron chi connectivity index (χ2n) is 6.07. The van der Waals surface area contributed by atoms with Crippen LogP contribution in [-0.4, -0.2) is 46.9 Å². The highest BCUT2D eigenvalue weighted by molar-refractivity contribution is 7.08. The Labute approximate surface area is 145 Å².